The van der Waals surface area contributed by atoms with E-state index in [9.17, 15) is 5.11 Å². The monoisotopic (exact) mass is 160 g/mol. The third-order valence-corrected chi connectivity index (χ3v) is 1.91. The standard InChI is InChI=1S/C10H10NO/c11-10(12)6-5-8-3-1-2-4-9(8)7-10/h1-7,12H,11H2. The van der Waals surface area contributed by atoms with Gasteiger partial charge in [-0.3, -0.25) is 5.73 Å². The van der Waals surface area contributed by atoms with Gasteiger partial charge >= 0.3 is 0 Å². The van der Waals surface area contributed by atoms with Gasteiger partial charge in [-0.15, -0.1) is 0 Å². The second-order valence-corrected chi connectivity index (χ2v) is 2.99. The molecule has 0 heterocycles. The first kappa shape index (κ1) is 7.53. The second kappa shape index (κ2) is 2.44. The minimum absolute atomic E-state index is 0.977. The Kier molecular flexibility index (Phi) is 1.53. The van der Waals surface area contributed by atoms with Gasteiger partial charge in [-0.05, 0) is 17.2 Å². The van der Waals surface area contributed by atoms with Crippen molar-refractivity contribution in [2.24, 2.45) is 5.73 Å². The molecule has 1 aromatic rings. The Morgan fingerprint density at radius 3 is 2.58 bits per heavy atom. The van der Waals surface area contributed by atoms with E-state index in [1.54, 1.807) is 12.5 Å². The fourth-order valence-corrected chi connectivity index (χ4v) is 1.31. The summed E-state index contributed by atoms with van der Waals surface area (Å²) >= 11 is 0. The van der Waals surface area contributed by atoms with Crippen LogP contribution in [0, 0.1) is 6.42 Å². The third kappa shape index (κ3) is 1.26. The summed E-state index contributed by atoms with van der Waals surface area (Å²) in [6, 6.07) is 7.79. The van der Waals surface area contributed by atoms with Gasteiger partial charge in [0.2, 0.25) is 0 Å². The van der Waals surface area contributed by atoms with Gasteiger partial charge in [0.1, 0.15) is 5.72 Å². The van der Waals surface area contributed by atoms with E-state index in [0.29, 0.717) is 0 Å². The molecule has 1 aliphatic rings. The molecule has 0 spiro atoms. The van der Waals surface area contributed by atoms with Crippen molar-refractivity contribution >= 4 is 6.08 Å². The van der Waals surface area contributed by atoms with Crippen LogP contribution in [0.1, 0.15) is 11.1 Å². The van der Waals surface area contributed by atoms with E-state index in [1.807, 2.05) is 30.3 Å². The molecular weight excluding hydrogens is 150 g/mol. The van der Waals surface area contributed by atoms with E-state index < -0.39 is 5.72 Å². The van der Waals surface area contributed by atoms with Crippen molar-refractivity contribution in [1.82, 2.24) is 0 Å². The van der Waals surface area contributed by atoms with Gasteiger partial charge in [0.15, 0.2) is 0 Å². The molecule has 0 saturated heterocycles. The summed E-state index contributed by atoms with van der Waals surface area (Å²) in [5, 5.41) is 9.46. The lowest BCUT2D eigenvalue weighted by Crippen LogP contribution is -2.39. The lowest BCUT2D eigenvalue weighted by Gasteiger charge is -2.23. The van der Waals surface area contributed by atoms with E-state index in [2.05, 4.69) is 0 Å². The number of nitrogens with two attached hydrogens (primary N) is 1. The zero-order valence-electron chi connectivity index (χ0n) is 6.57. The van der Waals surface area contributed by atoms with Crippen LogP contribution in [-0.2, 0) is 0 Å². The molecule has 12 heavy (non-hydrogen) atoms. The molecule has 1 unspecified atom stereocenters. The van der Waals surface area contributed by atoms with E-state index in [0.717, 1.165) is 11.1 Å². The molecule has 0 fully saturated rings. The maximum atomic E-state index is 9.46. The summed E-state index contributed by atoms with van der Waals surface area (Å²) < 4.78 is 0. The zero-order valence-corrected chi connectivity index (χ0v) is 6.57. The summed E-state index contributed by atoms with van der Waals surface area (Å²) in [4.78, 5) is 0. The van der Waals surface area contributed by atoms with E-state index >= 15 is 0 Å². The van der Waals surface area contributed by atoms with Crippen LogP contribution in [-0.4, -0.2) is 10.8 Å². The van der Waals surface area contributed by atoms with Crippen LogP contribution in [0.2, 0.25) is 0 Å². The number of rotatable bonds is 0. The van der Waals surface area contributed by atoms with Gasteiger partial charge in [0.25, 0.3) is 0 Å². The van der Waals surface area contributed by atoms with Crippen LogP contribution in [0.3, 0.4) is 0 Å². The largest absolute Gasteiger partial charge is 0.372 e. The normalized spacial score (nSPS) is 26.8. The van der Waals surface area contributed by atoms with E-state index in [1.165, 1.54) is 0 Å². The van der Waals surface area contributed by atoms with Gasteiger partial charge in [0, 0.05) is 6.42 Å². The van der Waals surface area contributed by atoms with Crippen molar-refractivity contribution in [3.63, 3.8) is 0 Å². The quantitative estimate of drug-likeness (QED) is 0.554. The molecular formula is C10H10NO. The highest BCUT2D eigenvalue weighted by molar-refractivity contribution is 5.61. The van der Waals surface area contributed by atoms with E-state index in [4.69, 9.17) is 5.73 Å². The van der Waals surface area contributed by atoms with Gasteiger partial charge in [0.05, 0.1) is 0 Å². The summed E-state index contributed by atoms with van der Waals surface area (Å²) in [5.74, 6) is 0. The molecule has 0 bridgehead atoms. The van der Waals surface area contributed by atoms with Crippen molar-refractivity contribution in [3.05, 3.63) is 47.9 Å². The van der Waals surface area contributed by atoms with Crippen molar-refractivity contribution < 1.29 is 5.11 Å². The predicted octanol–water partition coefficient (Wildman–Crippen LogP) is 0.913. The smallest absolute Gasteiger partial charge is 0.140 e. The molecule has 1 radical (unpaired) electrons. The molecule has 1 atom stereocenters. The fraction of sp³-hybridized carbons (Fsp3) is 0.100. The number of benzene rings is 1. The molecule has 1 aromatic carbocycles. The SMILES string of the molecule is NC1(O)[CH]c2ccccc2C=C1. The molecule has 61 valence electrons. The minimum atomic E-state index is -1.28. The van der Waals surface area contributed by atoms with Crippen LogP contribution in [0.4, 0.5) is 0 Å². The molecule has 0 aromatic heterocycles. The Hall–Kier alpha value is -1.12. The Balaban J connectivity index is 2.46. The number of aliphatic hydroxyl groups is 1. The van der Waals surface area contributed by atoms with Gasteiger partial charge < -0.3 is 5.11 Å². The molecule has 2 nitrogen and oxygen atoms in total. The molecule has 0 aliphatic heterocycles. The zero-order chi connectivity index (χ0) is 8.60. The Labute approximate surface area is 71.3 Å². The Bertz CT molecular complexity index is 328. The maximum Gasteiger partial charge on any atom is 0.140 e. The van der Waals surface area contributed by atoms with Crippen molar-refractivity contribution in [2.75, 3.05) is 0 Å². The second-order valence-electron chi connectivity index (χ2n) is 2.99. The van der Waals surface area contributed by atoms with Crippen LogP contribution in [0.25, 0.3) is 6.08 Å². The first-order valence-corrected chi connectivity index (χ1v) is 3.83. The summed E-state index contributed by atoms with van der Waals surface area (Å²) in [7, 11) is 0. The van der Waals surface area contributed by atoms with Crippen LogP contribution < -0.4 is 5.73 Å². The third-order valence-electron chi connectivity index (χ3n) is 1.91. The maximum absolute atomic E-state index is 9.46. The highest BCUT2D eigenvalue weighted by atomic mass is 16.3. The molecule has 1 aliphatic carbocycles. The predicted molar refractivity (Wildman–Crippen MR) is 48.0 cm³/mol. The topological polar surface area (TPSA) is 46.2 Å². The fourth-order valence-electron chi connectivity index (χ4n) is 1.31. The van der Waals surface area contributed by atoms with Gasteiger partial charge in [-0.1, -0.05) is 30.3 Å². The van der Waals surface area contributed by atoms with Crippen molar-refractivity contribution in [1.29, 1.82) is 0 Å². The first-order chi connectivity index (χ1) is 5.67. The molecule has 0 amide bonds. The van der Waals surface area contributed by atoms with Crippen LogP contribution >= 0.6 is 0 Å². The average molecular weight is 160 g/mol. The molecule has 2 rings (SSSR count). The first-order valence-electron chi connectivity index (χ1n) is 3.83. The number of hydrogen-bond donors (Lipinski definition) is 2. The minimum Gasteiger partial charge on any atom is -0.372 e. The lowest BCUT2D eigenvalue weighted by atomic mass is 9.92. The Morgan fingerprint density at radius 2 is 1.83 bits per heavy atom. The molecule has 3 N–H and O–H groups in total. The average Bonchev–Trinajstić information content (AvgIpc) is 2.02. The van der Waals surface area contributed by atoms with Crippen molar-refractivity contribution in [2.45, 2.75) is 5.72 Å². The van der Waals surface area contributed by atoms with E-state index in [-0.39, 0.29) is 0 Å². The molecule has 2 heteroatoms. The van der Waals surface area contributed by atoms with Gasteiger partial charge in [-0.25, -0.2) is 0 Å². The highest BCUT2D eigenvalue weighted by Gasteiger charge is 2.22. The van der Waals surface area contributed by atoms with Crippen molar-refractivity contribution in [3.8, 4) is 0 Å². The highest BCUT2D eigenvalue weighted by Crippen LogP contribution is 2.23. The van der Waals surface area contributed by atoms with Crippen LogP contribution in [0.15, 0.2) is 30.3 Å². The Morgan fingerprint density at radius 1 is 1.17 bits per heavy atom. The van der Waals surface area contributed by atoms with Crippen LogP contribution in [0.5, 0.6) is 0 Å². The number of hydrogen-bond acceptors (Lipinski definition) is 2. The lowest BCUT2D eigenvalue weighted by molar-refractivity contribution is 0.136. The summed E-state index contributed by atoms with van der Waals surface area (Å²) in [6.07, 6.45) is 5.05. The number of fused-ring (bicyclic) bond motifs is 1. The summed E-state index contributed by atoms with van der Waals surface area (Å²) in [5.41, 5.74) is 6.29. The molecule has 0 saturated carbocycles. The summed E-state index contributed by atoms with van der Waals surface area (Å²) in [6.45, 7) is 0. The van der Waals surface area contributed by atoms with Gasteiger partial charge in [-0.2, -0.15) is 0 Å².